The summed E-state index contributed by atoms with van der Waals surface area (Å²) in [4.78, 5) is 18.9. The number of hydrogen-bond acceptors (Lipinski definition) is 3. The van der Waals surface area contributed by atoms with Crippen LogP contribution in [-0.4, -0.2) is 27.4 Å². The largest absolute Gasteiger partial charge is 0.297 e. The summed E-state index contributed by atoms with van der Waals surface area (Å²) in [5, 5.41) is 0.526. The molecule has 0 radical (unpaired) electrons. The first-order valence-corrected chi connectivity index (χ1v) is 7.44. The molecule has 0 aromatic carbocycles. The molecule has 0 amide bonds. The SMILES string of the molecule is CC(N(C)Cc1cc(=O)n2cc(Cl)ccc2n1)C(C)(C)C. The third-order valence-corrected chi connectivity index (χ3v) is 4.23. The van der Waals surface area contributed by atoms with E-state index in [0.717, 1.165) is 5.69 Å². The third-order valence-electron chi connectivity index (χ3n) is 4.00. The average Bonchev–Trinajstić information content (AvgIpc) is 2.37. The summed E-state index contributed by atoms with van der Waals surface area (Å²) >= 11 is 5.91. The molecule has 0 saturated heterocycles. The van der Waals surface area contributed by atoms with E-state index in [0.29, 0.717) is 23.3 Å². The van der Waals surface area contributed by atoms with Crippen molar-refractivity contribution in [3.05, 3.63) is 45.5 Å². The van der Waals surface area contributed by atoms with E-state index >= 15 is 0 Å². The first-order valence-electron chi connectivity index (χ1n) is 7.06. The highest BCUT2D eigenvalue weighted by Crippen LogP contribution is 2.23. The number of rotatable bonds is 3. The fraction of sp³-hybridized carbons (Fsp3) is 0.500. The summed E-state index contributed by atoms with van der Waals surface area (Å²) < 4.78 is 1.47. The molecular formula is C16H22ClN3O. The minimum Gasteiger partial charge on any atom is -0.297 e. The van der Waals surface area contributed by atoms with E-state index < -0.39 is 0 Å². The van der Waals surface area contributed by atoms with Crippen LogP contribution in [0, 0.1) is 5.41 Å². The van der Waals surface area contributed by atoms with E-state index in [4.69, 9.17) is 11.6 Å². The molecule has 1 atom stereocenters. The molecule has 0 N–H and O–H groups in total. The van der Waals surface area contributed by atoms with Crippen LogP contribution in [0.2, 0.25) is 5.02 Å². The molecule has 0 aliphatic carbocycles. The lowest BCUT2D eigenvalue weighted by molar-refractivity contribution is 0.133. The molecule has 0 aliphatic rings. The van der Waals surface area contributed by atoms with Gasteiger partial charge in [0.05, 0.1) is 10.7 Å². The lowest BCUT2D eigenvalue weighted by Gasteiger charge is -2.35. The zero-order chi connectivity index (χ0) is 15.8. The Kier molecular flexibility index (Phi) is 4.40. The molecule has 0 fully saturated rings. The minimum atomic E-state index is -0.102. The van der Waals surface area contributed by atoms with Crippen LogP contribution in [0.15, 0.2) is 29.2 Å². The van der Waals surface area contributed by atoms with E-state index in [9.17, 15) is 4.79 Å². The Morgan fingerprint density at radius 1 is 1.38 bits per heavy atom. The maximum absolute atomic E-state index is 12.1. The summed E-state index contributed by atoms with van der Waals surface area (Å²) in [6.45, 7) is 9.46. The standard InChI is InChI=1S/C16H22ClN3O/c1-11(16(2,3)4)19(5)10-13-8-15(21)20-9-12(17)6-7-14(20)18-13/h6-9,11H,10H2,1-5H3. The van der Waals surface area contributed by atoms with E-state index in [1.165, 1.54) is 4.40 Å². The number of nitrogens with zero attached hydrogens (tertiary/aromatic N) is 3. The lowest BCUT2D eigenvalue weighted by Crippen LogP contribution is -2.39. The highest BCUT2D eigenvalue weighted by molar-refractivity contribution is 6.30. The van der Waals surface area contributed by atoms with Gasteiger partial charge in [0.15, 0.2) is 0 Å². The van der Waals surface area contributed by atoms with Gasteiger partial charge in [0.2, 0.25) is 0 Å². The highest BCUT2D eigenvalue weighted by Gasteiger charge is 2.24. The summed E-state index contributed by atoms with van der Waals surface area (Å²) in [5.74, 6) is 0. The number of aromatic nitrogens is 2. The van der Waals surface area contributed by atoms with Gasteiger partial charge in [0.25, 0.3) is 5.56 Å². The van der Waals surface area contributed by atoms with Crippen LogP contribution < -0.4 is 5.56 Å². The molecule has 4 nitrogen and oxygen atoms in total. The molecular weight excluding hydrogens is 286 g/mol. The van der Waals surface area contributed by atoms with Gasteiger partial charge in [-0.3, -0.25) is 14.1 Å². The second kappa shape index (κ2) is 5.78. The fourth-order valence-electron chi connectivity index (χ4n) is 2.26. The van der Waals surface area contributed by atoms with Crippen molar-refractivity contribution in [1.29, 1.82) is 0 Å². The number of halogens is 1. The maximum Gasteiger partial charge on any atom is 0.258 e. The van der Waals surface area contributed by atoms with Crippen molar-refractivity contribution in [3.63, 3.8) is 0 Å². The first-order chi connectivity index (χ1) is 9.68. The summed E-state index contributed by atoms with van der Waals surface area (Å²) in [5.41, 5.74) is 1.47. The molecule has 114 valence electrons. The van der Waals surface area contributed by atoms with E-state index in [1.807, 2.05) is 0 Å². The van der Waals surface area contributed by atoms with Crippen molar-refractivity contribution in [2.24, 2.45) is 5.41 Å². The van der Waals surface area contributed by atoms with Crippen LogP contribution in [0.5, 0.6) is 0 Å². The fourth-order valence-corrected chi connectivity index (χ4v) is 2.42. The van der Waals surface area contributed by atoms with E-state index in [1.54, 1.807) is 24.4 Å². The number of pyridine rings is 1. The van der Waals surface area contributed by atoms with Crippen molar-refractivity contribution in [1.82, 2.24) is 14.3 Å². The van der Waals surface area contributed by atoms with Gasteiger partial charge in [-0.05, 0) is 31.5 Å². The van der Waals surface area contributed by atoms with Crippen LogP contribution >= 0.6 is 11.6 Å². The highest BCUT2D eigenvalue weighted by atomic mass is 35.5. The van der Waals surface area contributed by atoms with Gasteiger partial charge in [-0.25, -0.2) is 4.98 Å². The number of hydrogen-bond donors (Lipinski definition) is 0. The van der Waals surface area contributed by atoms with Crippen molar-refractivity contribution < 1.29 is 0 Å². The van der Waals surface area contributed by atoms with Gasteiger partial charge in [0.1, 0.15) is 5.65 Å². The molecule has 21 heavy (non-hydrogen) atoms. The molecule has 2 aromatic rings. The monoisotopic (exact) mass is 307 g/mol. The minimum absolute atomic E-state index is 0.102. The molecule has 2 heterocycles. The summed E-state index contributed by atoms with van der Waals surface area (Å²) in [6, 6.07) is 5.47. The van der Waals surface area contributed by atoms with Gasteiger partial charge >= 0.3 is 0 Å². The van der Waals surface area contributed by atoms with Crippen LogP contribution in [-0.2, 0) is 6.54 Å². The van der Waals surface area contributed by atoms with Crippen molar-refractivity contribution in [2.45, 2.75) is 40.3 Å². The van der Waals surface area contributed by atoms with Gasteiger partial charge in [-0.1, -0.05) is 32.4 Å². The van der Waals surface area contributed by atoms with E-state index in [-0.39, 0.29) is 11.0 Å². The summed E-state index contributed by atoms with van der Waals surface area (Å²) in [7, 11) is 2.06. The van der Waals surface area contributed by atoms with Gasteiger partial charge in [-0.15, -0.1) is 0 Å². The van der Waals surface area contributed by atoms with E-state index in [2.05, 4.69) is 44.6 Å². The van der Waals surface area contributed by atoms with Gasteiger partial charge in [0, 0.05) is 24.8 Å². The summed E-state index contributed by atoms with van der Waals surface area (Å²) in [6.07, 6.45) is 1.59. The predicted octanol–water partition coefficient (Wildman–Crippen LogP) is 3.21. The second-order valence-electron chi connectivity index (χ2n) is 6.62. The van der Waals surface area contributed by atoms with Gasteiger partial charge in [-0.2, -0.15) is 0 Å². The second-order valence-corrected chi connectivity index (χ2v) is 7.05. The zero-order valence-corrected chi connectivity index (χ0v) is 14.0. The first kappa shape index (κ1) is 16.0. The number of fused-ring (bicyclic) bond motifs is 1. The average molecular weight is 308 g/mol. The Morgan fingerprint density at radius 2 is 2.05 bits per heavy atom. The maximum atomic E-state index is 12.1. The van der Waals surface area contributed by atoms with Crippen LogP contribution in [0.4, 0.5) is 0 Å². The Labute approximate surface area is 130 Å². The topological polar surface area (TPSA) is 37.6 Å². The van der Waals surface area contributed by atoms with Crippen LogP contribution in [0.3, 0.4) is 0 Å². The molecule has 2 aromatic heterocycles. The molecule has 2 rings (SSSR count). The van der Waals surface area contributed by atoms with Crippen LogP contribution in [0.1, 0.15) is 33.4 Å². The van der Waals surface area contributed by atoms with Crippen molar-refractivity contribution in [3.8, 4) is 0 Å². The predicted molar refractivity (Wildman–Crippen MR) is 86.9 cm³/mol. The molecule has 0 saturated carbocycles. The Morgan fingerprint density at radius 3 is 2.67 bits per heavy atom. The van der Waals surface area contributed by atoms with Crippen LogP contribution in [0.25, 0.3) is 5.65 Å². The molecule has 0 spiro atoms. The normalized spacial score (nSPS) is 13.9. The molecule has 0 bridgehead atoms. The zero-order valence-electron chi connectivity index (χ0n) is 13.2. The third kappa shape index (κ3) is 3.63. The molecule has 5 heteroatoms. The Bertz CT molecular complexity index is 703. The Balaban J connectivity index is 2.32. The lowest BCUT2D eigenvalue weighted by atomic mass is 9.87. The quantitative estimate of drug-likeness (QED) is 0.874. The van der Waals surface area contributed by atoms with Gasteiger partial charge < -0.3 is 0 Å². The smallest absolute Gasteiger partial charge is 0.258 e. The van der Waals surface area contributed by atoms with Crippen molar-refractivity contribution >= 4 is 17.2 Å². The molecule has 1 unspecified atom stereocenters. The molecule has 0 aliphatic heterocycles. The Hall–Kier alpha value is -1.39. The van der Waals surface area contributed by atoms with Crippen molar-refractivity contribution in [2.75, 3.05) is 7.05 Å².